The maximum absolute atomic E-state index is 4.44. The molecule has 0 unspecified atom stereocenters. The first kappa shape index (κ1) is 13.6. The molecule has 3 aromatic carbocycles. The zero-order valence-corrected chi connectivity index (χ0v) is 13.9. The number of rotatable bonds is 2. The summed E-state index contributed by atoms with van der Waals surface area (Å²) in [6, 6.07) is 23.1. The molecule has 0 fully saturated rings. The first-order chi connectivity index (χ1) is 10.8. The molecule has 0 radical (unpaired) electrons. The average Bonchev–Trinajstić information content (AvgIpc) is 3.07. The molecule has 0 saturated heterocycles. The fourth-order valence-corrected chi connectivity index (χ4v) is 3.64. The monoisotopic (exact) mass is 366 g/mol. The van der Waals surface area contributed by atoms with E-state index in [9.17, 15) is 0 Å². The van der Waals surface area contributed by atoms with Crippen molar-refractivity contribution >= 4 is 38.7 Å². The Labute approximate surface area is 140 Å². The van der Waals surface area contributed by atoms with Crippen molar-refractivity contribution in [2.45, 2.75) is 0 Å². The van der Waals surface area contributed by atoms with Crippen LogP contribution < -0.4 is 0 Å². The van der Waals surface area contributed by atoms with E-state index in [4.69, 9.17) is 0 Å². The third-order valence-electron chi connectivity index (χ3n) is 3.67. The Balaban J connectivity index is 1.80. The molecule has 0 N–H and O–H groups in total. The third kappa shape index (κ3) is 2.34. The van der Waals surface area contributed by atoms with Crippen LogP contribution in [0.25, 0.3) is 33.3 Å². The highest BCUT2D eigenvalue weighted by Crippen LogP contribution is 2.33. The molecule has 0 bridgehead atoms. The Bertz CT molecular complexity index is 930. The van der Waals surface area contributed by atoms with Crippen LogP contribution in [0.5, 0.6) is 0 Å². The molecule has 0 aliphatic heterocycles. The summed E-state index contributed by atoms with van der Waals surface area (Å²) in [7, 11) is 0. The van der Waals surface area contributed by atoms with Crippen molar-refractivity contribution < 1.29 is 0 Å². The second kappa shape index (κ2) is 5.63. The van der Waals surface area contributed by atoms with Crippen LogP contribution in [0, 0.1) is 0 Å². The van der Waals surface area contributed by atoms with Crippen LogP contribution in [0.15, 0.2) is 71.2 Å². The summed E-state index contributed by atoms with van der Waals surface area (Å²) in [6.07, 6.45) is 0. The lowest BCUT2D eigenvalue weighted by atomic mass is 9.99. The zero-order chi connectivity index (χ0) is 14.9. The van der Waals surface area contributed by atoms with Gasteiger partial charge in [-0.2, -0.15) is 8.75 Å². The maximum Gasteiger partial charge on any atom is 0.119 e. The second-order valence-corrected chi connectivity index (χ2v) is 6.38. The van der Waals surface area contributed by atoms with E-state index in [1.54, 1.807) is 0 Å². The number of fused-ring (bicyclic) bond motifs is 1. The molecule has 4 heteroatoms. The number of hydrogen-bond donors (Lipinski definition) is 0. The fourth-order valence-electron chi connectivity index (χ4n) is 2.54. The molecule has 0 aliphatic rings. The molecular weight excluding hydrogens is 356 g/mol. The normalized spacial score (nSPS) is 11.0. The molecule has 22 heavy (non-hydrogen) atoms. The van der Waals surface area contributed by atoms with Crippen molar-refractivity contribution in [1.82, 2.24) is 8.75 Å². The second-order valence-electron chi connectivity index (χ2n) is 5.00. The minimum Gasteiger partial charge on any atom is -0.172 e. The Hall–Kier alpha value is -2.04. The standard InChI is InChI=1S/C18H11BrN2S/c19-16-11-10-15(17-18(16)21-22-20-17)14-8-6-13(7-9-14)12-4-2-1-3-5-12/h1-11H. The van der Waals surface area contributed by atoms with Gasteiger partial charge in [-0.05, 0) is 38.7 Å². The van der Waals surface area contributed by atoms with Crippen LogP contribution in [0.3, 0.4) is 0 Å². The van der Waals surface area contributed by atoms with Gasteiger partial charge in [0.2, 0.25) is 0 Å². The van der Waals surface area contributed by atoms with Gasteiger partial charge < -0.3 is 0 Å². The number of hydrogen-bond acceptors (Lipinski definition) is 3. The van der Waals surface area contributed by atoms with Crippen molar-refractivity contribution in [3.05, 3.63) is 71.2 Å². The van der Waals surface area contributed by atoms with Gasteiger partial charge in [0.25, 0.3) is 0 Å². The summed E-state index contributed by atoms with van der Waals surface area (Å²) < 4.78 is 9.78. The van der Waals surface area contributed by atoms with Gasteiger partial charge in [-0.25, -0.2) is 0 Å². The molecule has 1 aromatic heterocycles. The summed E-state index contributed by atoms with van der Waals surface area (Å²) in [6.45, 7) is 0. The van der Waals surface area contributed by atoms with Crippen LogP contribution >= 0.6 is 27.7 Å². The Morgan fingerprint density at radius 3 is 2.05 bits per heavy atom. The van der Waals surface area contributed by atoms with Crippen LogP contribution in [-0.2, 0) is 0 Å². The van der Waals surface area contributed by atoms with Crippen molar-refractivity contribution in [1.29, 1.82) is 0 Å². The minimum atomic E-state index is 0.926. The molecule has 0 aliphatic carbocycles. The zero-order valence-electron chi connectivity index (χ0n) is 11.5. The lowest BCUT2D eigenvalue weighted by Crippen LogP contribution is -1.83. The molecule has 0 spiro atoms. The summed E-state index contributed by atoms with van der Waals surface area (Å²) in [5, 5.41) is 0. The smallest absolute Gasteiger partial charge is 0.119 e. The highest BCUT2D eigenvalue weighted by molar-refractivity contribution is 9.10. The number of benzene rings is 3. The number of nitrogens with zero attached hydrogens (tertiary/aromatic N) is 2. The Morgan fingerprint density at radius 1 is 0.636 bits per heavy atom. The van der Waals surface area contributed by atoms with Crippen molar-refractivity contribution in [3.8, 4) is 22.3 Å². The van der Waals surface area contributed by atoms with Gasteiger partial charge in [0.1, 0.15) is 11.0 Å². The van der Waals surface area contributed by atoms with Crippen LogP contribution in [0.2, 0.25) is 0 Å². The lowest BCUT2D eigenvalue weighted by molar-refractivity contribution is 1.57. The SMILES string of the molecule is Brc1ccc(-c2ccc(-c3ccccc3)cc2)c2nsnc12. The van der Waals surface area contributed by atoms with Crippen molar-refractivity contribution in [2.24, 2.45) is 0 Å². The van der Waals surface area contributed by atoms with Crippen LogP contribution in [-0.4, -0.2) is 8.75 Å². The Morgan fingerprint density at radius 2 is 1.27 bits per heavy atom. The van der Waals surface area contributed by atoms with E-state index < -0.39 is 0 Å². The average molecular weight is 367 g/mol. The van der Waals surface area contributed by atoms with E-state index in [0.717, 1.165) is 26.6 Å². The largest absolute Gasteiger partial charge is 0.172 e. The van der Waals surface area contributed by atoms with Gasteiger partial charge in [-0.1, -0.05) is 60.7 Å². The van der Waals surface area contributed by atoms with Crippen LogP contribution in [0.4, 0.5) is 0 Å². The highest BCUT2D eigenvalue weighted by atomic mass is 79.9. The molecule has 1 heterocycles. The van der Waals surface area contributed by atoms with Crippen molar-refractivity contribution in [2.75, 3.05) is 0 Å². The quantitative estimate of drug-likeness (QED) is 0.448. The number of halogens is 1. The van der Waals surface area contributed by atoms with E-state index in [2.05, 4.69) is 79.3 Å². The molecule has 2 nitrogen and oxygen atoms in total. The van der Waals surface area contributed by atoms with Gasteiger partial charge in [0.05, 0.1) is 11.7 Å². The van der Waals surface area contributed by atoms with Gasteiger partial charge in [-0.15, -0.1) is 0 Å². The summed E-state index contributed by atoms with van der Waals surface area (Å²) in [5.41, 5.74) is 6.59. The fraction of sp³-hybridized carbons (Fsp3) is 0. The topological polar surface area (TPSA) is 25.8 Å². The van der Waals surface area contributed by atoms with E-state index in [1.807, 2.05) is 12.1 Å². The summed E-state index contributed by atoms with van der Waals surface area (Å²) >= 11 is 4.77. The van der Waals surface area contributed by atoms with Crippen molar-refractivity contribution in [3.63, 3.8) is 0 Å². The minimum absolute atomic E-state index is 0.926. The first-order valence-electron chi connectivity index (χ1n) is 6.89. The molecule has 0 atom stereocenters. The number of aromatic nitrogens is 2. The van der Waals surface area contributed by atoms with Gasteiger partial charge in [0.15, 0.2) is 0 Å². The summed E-state index contributed by atoms with van der Waals surface area (Å²) in [4.78, 5) is 0. The summed E-state index contributed by atoms with van der Waals surface area (Å²) in [5.74, 6) is 0. The van der Waals surface area contributed by atoms with Crippen LogP contribution in [0.1, 0.15) is 0 Å². The molecule has 0 saturated carbocycles. The van der Waals surface area contributed by atoms with E-state index in [1.165, 1.54) is 22.9 Å². The van der Waals surface area contributed by atoms with E-state index >= 15 is 0 Å². The lowest BCUT2D eigenvalue weighted by Gasteiger charge is -2.06. The molecule has 0 amide bonds. The molecular formula is C18H11BrN2S. The van der Waals surface area contributed by atoms with E-state index in [-0.39, 0.29) is 0 Å². The Kier molecular flexibility index (Phi) is 3.48. The third-order valence-corrected chi connectivity index (χ3v) is 4.84. The molecule has 106 valence electrons. The predicted octanol–water partition coefficient (Wildman–Crippen LogP) is 5.79. The molecule has 4 aromatic rings. The van der Waals surface area contributed by atoms with Gasteiger partial charge >= 0.3 is 0 Å². The first-order valence-corrected chi connectivity index (χ1v) is 8.42. The van der Waals surface area contributed by atoms with E-state index in [0.29, 0.717) is 0 Å². The maximum atomic E-state index is 4.44. The van der Waals surface area contributed by atoms with Gasteiger partial charge in [-0.3, -0.25) is 0 Å². The highest BCUT2D eigenvalue weighted by Gasteiger charge is 2.10. The predicted molar refractivity (Wildman–Crippen MR) is 96.0 cm³/mol. The molecule has 4 rings (SSSR count). The van der Waals surface area contributed by atoms with Gasteiger partial charge in [0, 0.05) is 10.0 Å².